The number of primary sulfonamides is 1. The first kappa shape index (κ1) is 13.6. The molecule has 0 saturated carbocycles. The summed E-state index contributed by atoms with van der Waals surface area (Å²) in [5.74, 6) is -0.120. The molecule has 0 aliphatic rings. The minimum absolute atomic E-state index is 0.269. The summed E-state index contributed by atoms with van der Waals surface area (Å²) in [6.45, 7) is 3.68. The van der Waals surface area contributed by atoms with Gasteiger partial charge in [0.15, 0.2) is 5.82 Å². The minimum atomic E-state index is -3.96. The van der Waals surface area contributed by atoms with E-state index in [0.29, 0.717) is 17.7 Å². The summed E-state index contributed by atoms with van der Waals surface area (Å²) in [7, 11) is -3.96. The monoisotopic (exact) mass is 284 g/mol. The van der Waals surface area contributed by atoms with Gasteiger partial charge in [-0.25, -0.2) is 17.9 Å². The molecule has 1 aromatic carbocycles. The predicted molar refractivity (Wildman–Crippen MR) is 67.2 cm³/mol. The normalized spacial score (nSPS) is 11.8. The van der Waals surface area contributed by atoms with Crippen molar-refractivity contribution in [2.24, 2.45) is 5.14 Å². The second-order valence-corrected chi connectivity index (χ2v) is 5.51. The first-order valence-electron chi connectivity index (χ1n) is 5.57. The standard InChI is InChI=1S/C11H13FN4O2S/c1-3-16-10(14-15-11(16)19(13,17)18)8-5-4-7(2)9(12)6-8/h4-6H,3H2,1-2H3,(H2,13,17,18). The number of rotatable bonds is 3. The van der Waals surface area contributed by atoms with Crippen molar-refractivity contribution in [1.82, 2.24) is 14.8 Å². The van der Waals surface area contributed by atoms with Crippen LogP contribution in [0.15, 0.2) is 23.4 Å². The summed E-state index contributed by atoms with van der Waals surface area (Å²) < 4.78 is 37.6. The van der Waals surface area contributed by atoms with Gasteiger partial charge in [0.1, 0.15) is 5.82 Å². The Morgan fingerprint density at radius 3 is 2.58 bits per heavy atom. The van der Waals surface area contributed by atoms with E-state index in [1.54, 1.807) is 26.0 Å². The molecule has 0 saturated heterocycles. The highest BCUT2D eigenvalue weighted by Crippen LogP contribution is 2.22. The van der Waals surface area contributed by atoms with Gasteiger partial charge in [-0.2, -0.15) is 0 Å². The summed E-state index contributed by atoms with van der Waals surface area (Å²) in [5.41, 5.74) is 0.949. The SMILES string of the molecule is CCn1c(-c2ccc(C)c(F)c2)nnc1S(N)(=O)=O. The van der Waals surface area contributed by atoms with Gasteiger partial charge in [0.2, 0.25) is 0 Å². The molecule has 1 aromatic heterocycles. The number of nitrogens with two attached hydrogens (primary N) is 1. The van der Waals surface area contributed by atoms with Crippen LogP contribution in [0.5, 0.6) is 0 Å². The highest BCUT2D eigenvalue weighted by atomic mass is 32.2. The lowest BCUT2D eigenvalue weighted by Crippen LogP contribution is -2.18. The van der Waals surface area contributed by atoms with Crippen LogP contribution in [0.1, 0.15) is 12.5 Å². The molecule has 6 nitrogen and oxygen atoms in total. The Morgan fingerprint density at radius 2 is 2.05 bits per heavy atom. The maximum absolute atomic E-state index is 13.5. The Morgan fingerprint density at radius 1 is 1.37 bits per heavy atom. The zero-order valence-electron chi connectivity index (χ0n) is 10.5. The molecule has 0 amide bonds. The maximum Gasteiger partial charge on any atom is 0.273 e. The van der Waals surface area contributed by atoms with E-state index in [0.717, 1.165) is 0 Å². The molecule has 0 fully saturated rings. The fourth-order valence-electron chi connectivity index (χ4n) is 1.73. The predicted octanol–water partition coefficient (Wildman–Crippen LogP) is 1.06. The van der Waals surface area contributed by atoms with Crippen LogP contribution in [-0.2, 0) is 16.6 Å². The zero-order chi connectivity index (χ0) is 14.2. The van der Waals surface area contributed by atoms with E-state index in [9.17, 15) is 12.8 Å². The molecule has 19 heavy (non-hydrogen) atoms. The van der Waals surface area contributed by atoms with Crippen molar-refractivity contribution in [2.45, 2.75) is 25.5 Å². The van der Waals surface area contributed by atoms with Gasteiger partial charge in [-0.15, -0.1) is 10.2 Å². The lowest BCUT2D eigenvalue weighted by Gasteiger charge is -2.06. The molecule has 0 unspecified atom stereocenters. The van der Waals surface area contributed by atoms with E-state index in [4.69, 9.17) is 5.14 Å². The Kier molecular flexibility index (Phi) is 3.38. The van der Waals surface area contributed by atoms with Crippen molar-refractivity contribution in [3.63, 3.8) is 0 Å². The molecule has 0 radical (unpaired) electrons. The number of sulfonamides is 1. The summed E-state index contributed by atoms with van der Waals surface area (Å²) in [5, 5.41) is 12.1. The second-order valence-electron chi connectivity index (χ2n) is 4.06. The van der Waals surface area contributed by atoms with E-state index in [1.807, 2.05) is 0 Å². The van der Waals surface area contributed by atoms with Gasteiger partial charge in [0, 0.05) is 12.1 Å². The number of nitrogens with zero attached hydrogens (tertiary/aromatic N) is 3. The molecular formula is C11H13FN4O2S. The van der Waals surface area contributed by atoms with Crippen molar-refractivity contribution < 1.29 is 12.8 Å². The summed E-state index contributed by atoms with van der Waals surface area (Å²) >= 11 is 0. The van der Waals surface area contributed by atoms with Gasteiger partial charge in [0.05, 0.1) is 0 Å². The van der Waals surface area contributed by atoms with Crippen LogP contribution < -0.4 is 5.14 Å². The number of hydrogen-bond acceptors (Lipinski definition) is 4. The molecule has 8 heteroatoms. The molecule has 0 bridgehead atoms. The van der Waals surface area contributed by atoms with Crippen molar-refractivity contribution in [1.29, 1.82) is 0 Å². The number of aryl methyl sites for hydroxylation is 1. The Hall–Kier alpha value is -1.80. The number of hydrogen-bond donors (Lipinski definition) is 1. The third kappa shape index (κ3) is 2.49. The quantitative estimate of drug-likeness (QED) is 0.912. The number of benzene rings is 1. The van der Waals surface area contributed by atoms with Gasteiger partial charge in [-0.3, -0.25) is 4.57 Å². The molecule has 2 rings (SSSR count). The summed E-state index contributed by atoms with van der Waals surface area (Å²) in [6.07, 6.45) is 0. The molecule has 0 aliphatic heterocycles. The van der Waals surface area contributed by atoms with Gasteiger partial charge in [0.25, 0.3) is 15.2 Å². The highest BCUT2D eigenvalue weighted by molar-refractivity contribution is 7.89. The molecular weight excluding hydrogens is 271 g/mol. The second kappa shape index (κ2) is 4.71. The van der Waals surface area contributed by atoms with Crippen molar-refractivity contribution in [3.8, 4) is 11.4 Å². The van der Waals surface area contributed by atoms with Crippen molar-refractivity contribution >= 4 is 10.0 Å². The smallest absolute Gasteiger partial charge is 0.273 e. The maximum atomic E-state index is 13.5. The fourth-order valence-corrected chi connectivity index (χ4v) is 2.41. The molecule has 0 spiro atoms. The Balaban J connectivity index is 2.63. The average Bonchev–Trinajstić information content (AvgIpc) is 2.76. The fraction of sp³-hybridized carbons (Fsp3) is 0.273. The molecule has 0 atom stereocenters. The molecule has 2 aromatic rings. The van der Waals surface area contributed by atoms with Gasteiger partial charge < -0.3 is 0 Å². The molecule has 2 N–H and O–H groups in total. The molecule has 102 valence electrons. The molecule has 0 aliphatic carbocycles. The number of halogens is 1. The molecule has 1 heterocycles. The van der Waals surface area contributed by atoms with E-state index in [-0.39, 0.29) is 16.8 Å². The lowest BCUT2D eigenvalue weighted by atomic mass is 10.1. The average molecular weight is 284 g/mol. The number of aromatic nitrogens is 3. The summed E-state index contributed by atoms with van der Waals surface area (Å²) in [6, 6.07) is 4.54. The van der Waals surface area contributed by atoms with E-state index >= 15 is 0 Å². The van der Waals surface area contributed by atoms with Crippen LogP contribution in [0.2, 0.25) is 0 Å². The highest BCUT2D eigenvalue weighted by Gasteiger charge is 2.21. The summed E-state index contributed by atoms with van der Waals surface area (Å²) in [4.78, 5) is 0. The van der Waals surface area contributed by atoms with Crippen LogP contribution >= 0.6 is 0 Å². The van der Waals surface area contributed by atoms with Gasteiger partial charge in [-0.1, -0.05) is 12.1 Å². The Labute approximate surface area is 110 Å². The topological polar surface area (TPSA) is 90.9 Å². The van der Waals surface area contributed by atoms with Crippen LogP contribution in [0.25, 0.3) is 11.4 Å². The lowest BCUT2D eigenvalue weighted by molar-refractivity contribution is 0.570. The largest absolute Gasteiger partial charge is 0.297 e. The minimum Gasteiger partial charge on any atom is -0.297 e. The zero-order valence-corrected chi connectivity index (χ0v) is 11.3. The van der Waals surface area contributed by atoms with E-state index < -0.39 is 10.0 Å². The van der Waals surface area contributed by atoms with Crippen molar-refractivity contribution in [3.05, 3.63) is 29.6 Å². The van der Waals surface area contributed by atoms with Crippen LogP contribution in [0, 0.1) is 12.7 Å². The Bertz CT molecular complexity index is 724. The first-order chi connectivity index (χ1) is 8.84. The third-order valence-corrected chi connectivity index (χ3v) is 3.53. The third-order valence-electron chi connectivity index (χ3n) is 2.72. The van der Waals surface area contributed by atoms with E-state index in [2.05, 4.69) is 10.2 Å². The van der Waals surface area contributed by atoms with Crippen LogP contribution in [-0.4, -0.2) is 23.2 Å². The van der Waals surface area contributed by atoms with Gasteiger partial charge in [-0.05, 0) is 25.5 Å². The van der Waals surface area contributed by atoms with Gasteiger partial charge >= 0.3 is 0 Å². The van der Waals surface area contributed by atoms with Crippen LogP contribution in [0.4, 0.5) is 4.39 Å². The first-order valence-corrected chi connectivity index (χ1v) is 7.11. The van der Waals surface area contributed by atoms with E-state index in [1.165, 1.54) is 10.6 Å². The van der Waals surface area contributed by atoms with Crippen LogP contribution in [0.3, 0.4) is 0 Å². The van der Waals surface area contributed by atoms with Crippen molar-refractivity contribution in [2.75, 3.05) is 0 Å².